The molecule has 152 valence electrons. The van der Waals surface area contributed by atoms with Gasteiger partial charge in [0.15, 0.2) is 18.1 Å². The fraction of sp³-hybridized carbons (Fsp3) is 0.400. The number of nitrogens with one attached hydrogen (secondary N) is 2. The van der Waals surface area contributed by atoms with Crippen molar-refractivity contribution in [2.45, 2.75) is 27.3 Å². The summed E-state index contributed by atoms with van der Waals surface area (Å²) in [6.07, 6.45) is 0. The van der Waals surface area contributed by atoms with Crippen molar-refractivity contribution in [1.29, 1.82) is 0 Å². The van der Waals surface area contributed by atoms with Crippen molar-refractivity contribution in [1.82, 2.24) is 0 Å². The first-order valence-corrected chi connectivity index (χ1v) is 9.76. The van der Waals surface area contributed by atoms with Crippen LogP contribution in [-0.4, -0.2) is 39.2 Å². The molecule has 2 rings (SSSR count). The number of ether oxygens (including phenoxy) is 2. The van der Waals surface area contributed by atoms with E-state index in [2.05, 4.69) is 5.32 Å². The Morgan fingerprint density at radius 1 is 1.25 bits per heavy atom. The van der Waals surface area contributed by atoms with E-state index in [1.807, 2.05) is 20.8 Å². The molecule has 1 aromatic heterocycles. The van der Waals surface area contributed by atoms with E-state index >= 15 is 0 Å². The van der Waals surface area contributed by atoms with Crippen LogP contribution in [0.4, 0.5) is 9.39 Å². The van der Waals surface area contributed by atoms with Gasteiger partial charge in [-0.1, -0.05) is 0 Å². The third-order valence-electron chi connectivity index (χ3n) is 4.61. The monoisotopic (exact) mass is 409 g/mol. The Kier molecular flexibility index (Phi) is 7.53. The van der Waals surface area contributed by atoms with Crippen LogP contribution in [0.2, 0.25) is 0 Å². The molecular weight excluding hydrogens is 383 g/mol. The van der Waals surface area contributed by atoms with Crippen molar-refractivity contribution in [2.75, 3.05) is 32.6 Å². The number of likely N-dealkylation sites (N-methyl/N-ethyl adjacent to an activating group) is 1. The van der Waals surface area contributed by atoms with Crippen LogP contribution < -0.4 is 15.0 Å². The van der Waals surface area contributed by atoms with E-state index < -0.39 is 11.8 Å². The topological polar surface area (TPSA) is 69.1 Å². The average molecular weight is 410 g/mol. The largest absolute Gasteiger partial charge is 0.494 e. The van der Waals surface area contributed by atoms with Crippen LogP contribution in [0.1, 0.15) is 33.3 Å². The highest BCUT2D eigenvalue weighted by Crippen LogP contribution is 2.32. The van der Waals surface area contributed by atoms with Gasteiger partial charge in [0.25, 0.3) is 5.91 Å². The number of methoxy groups -OCH3 is 2. The van der Waals surface area contributed by atoms with Gasteiger partial charge in [0.05, 0.1) is 26.3 Å². The predicted octanol–water partition coefficient (Wildman–Crippen LogP) is 2.34. The van der Waals surface area contributed by atoms with Gasteiger partial charge in [-0.15, -0.1) is 11.3 Å². The minimum absolute atomic E-state index is 0.193. The predicted molar refractivity (Wildman–Crippen MR) is 107 cm³/mol. The zero-order valence-electron chi connectivity index (χ0n) is 16.8. The lowest BCUT2D eigenvalue weighted by atomic mass is 10.1. The summed E-state index contributed by atoms with van der Waals surface area (Å²) in [7, 11) is 2.74. The summed E-state index contributed by atoms with van der Waals surface area (Å²) >= 11 is 1.35. The highest BCUT2D eigenvalue weighted by molar-refractivity contribution is 7.16. The highest BCUT2D eigenvalue weighted by Gasteiger charge is 2.23. The molecule has 0 saturated heterocycles. The number of rotatable bonds is 8. The van der Waals surface area contributed by atoms with E-state index in [0.29, 0.717) is 23.7 Å². The maximum absolute atomic E-state index is 13.9. The van der Waals surface area contributed by atoms with Crippen molar-refractivity contribution in [3.05, 3.63) is 45.6 Å². The van der Waals surface area contributed by atoms with Gasteiger partial charge in [-0.25, -0.2) is 9.18 Å². The highest BCUT2D eigenvalue weighted by atomic mass is 32.1. The summed E-state index contributed by atoms with van der Waals surface area (Å²) in [5.74, 6) is -0.909. The third kappa shape index (κ3) is 5.08. The fourth-order valence-corrected chi connectivity index (χ4v) is 3.95. The van der Waals surface area contributed by atoms with Gasteiger partial charge in [0, 0.05) is 10.4 Å². The van der Waals surface area contributed by atoms with E-state index in [0.717, 1.165) is 20.9 Å². The van der Waals surface area contributed by atoms with Crippen molar-refractivity contribution in [2.24, 2.45) is 0 Å². The Morgan fingerprint density at radius 3 is 2.54 bits per heavy atom. The lowest BCUT2D eigenvalue weighted by molar-refractivity contribution is -0.903. The zero-order valence-corrected chi connectivity index (χ0v) is 17.6. The molecular formula is C20H26FN2O4S+. The van der Waals surface area contributed by atoms with Crippen LogP contribution in [0.15, 0.2) is 18.2 Å². The lowest BCUT2D eigenvalue weighted by Gasteiger charge is -2.17. The number of halogens is 1. The molecule has 2 aromatic rings. The molecule has 0 bridgehead atoms. The SMILES string of the molecule is CC[NH+](CC(=O)Nc1sc(C)c(C)c1C(=O)OC)Cc1ccc(OC)c(F)c1. The maximum atomic E-state index is 13.9. The van der Waals surface area contributed by atoms with Gasteiger partial charge < -0.3 is 19.7 Å². The minimum atomic E-state index is -0.467. The Hall–Kier alpha value is -2.45. The molecule has 1 aromatic carbocycles. The second kappa shape index (κ2) is 9.66. The molecule has 1 amide bonds. The zero-order chi connectivity index (χ0) is 20.8. The number of hydrogen-bond donors (Lipinski definition) is 2. The van der Waals surface area contributed by atoms with Gasteiger partial charge in [-0.05, 0) is 44.5 Å². The molecule has 0 aliphatic rings. The van der Waals surface area contributed by atoms with E-state index in [4.69, 9.17) is 9.47 Å². The van der Waals surface area contributed by atoms with Crippen molar-refractivity contribution in [3.8, 4) is 5.75 Å². The van der Waals surface area contributed by atoms with E-state index in [-0.39, 0.29) is 18.2 Å². The van der Waals surface area contributed by atoms with E-state index in [9.17, 15) is 14.0 Å². The molecule has 0 spiro atoms. The number of carbonyl (C=O) groups excluding carboxylic acids is 2. The summed E-state index contributed by atoms with van der Waals surface area (Å²) in [6, 6.07) is 4.79. The molecule has 1 unspecified atom stereocenters. The normalized spacial score (nSPS) is 11.8. The number of carbonyl (C=O) groups is 2. The van der Waals surface area contributed by atoms with Crippen LogP contribution in [-0.2, 0) is 16.1 Å². The number of aryl methyl sites for hydroxylation is 1. The molecule has 0 radical (unpaired) electrons. The summed E-state index contributed by atoms with van der Waals surface area (Å²) in [4.78, 5) is 26.5. The third-order valence-corrected chi connectivity index (χ3v) is 5.73. The molecule has 0 aliphatic heterocycles. The van der Waals surface area contributed by atoms with Crippen molar-refractivity contribution in [3.63, 3.8) is 0 Å². The molecule has 28 heavy (non-hydrogen) atoms. The maximum Gasteiger partial charge on any atom is 0.341 e. The number of quaternary nitrogens is 1. The molecule has 1 atom stereocenters. The smallest absolute Gasteiger partial charge is 0.341 e. The van der Waals surface area contributed by atoms with Gasteiger partial charge in [0.1, 0.15) is 11.5 Å². The van der Waals surface area contributed by atoms with Crippen molar-refractivity contribution < 1.29 is 28.4 Å². The molecule has 1 heterocycles. The van der Waals surface area contributed by atoms with Gasteiger partial charge in [-0.2, -0.15) is 0 Å². The number of hydrogen-bond acceptors (Lipinski definition) is 5. The van der Waals surface area contributed by atoms with Crippen LogP contribution in [0, 0.1) is 19.7 Å². The van der Waals surface area contributed by atoms with Gasteiger partial charge in [-0.3, -0.25) is 4.79 Å². The standard InChI is InChI=1S/C20H25FN2O4S/c1-6-23(10-14-7-8-16(26-4)15(21)9-14)11-17(24)22-19-18(20(25)27-5)12(2)13(3)28-19/h7-9H,6,10-11H2,1-5H3,(H,22,24)/p+1. The molecule has 0 fully saturated rings. The summed E-state index contributed by atoms with van der Waals surface area (Å²) in [5.41, 5.74) is 1.98. The van der Waals surface area contributed by atoms with E-state index in [1.54, 1.807) is 12.1 Å². The number of thiophene rings is 1. The first kappa shape index (κ1) is 21.8. The van der Waals surface area contributed by atoms with Gasteiger partial charge >= 0.3 is 5.97 Å². The quantitative estimate of drug-likeness (QED) is 0.657. The van der Waals surface area contributed by atoms with Crippen LogP contribution in [0.3, 0.4) is 0 Å². The lowest BCUT2D eigenvalue weighted by Crippen LogP contribution is -3.11. The second-order valence-electron chi connectivity index (χ2n) is 6.45. The molecule has 8 heteroatoms. The van der Waals surface area contributed by atoms with Crippen LogP contribution in [0.25, 0.3) is 0 Å². The Balaban J connectivity index is 2.08. The van der Waals surface area contributed by atoms with Gasteiger partial charge in [0.2, 0.25) is 0 Å². The Morgan fingerprint density at radius 2 is 1.96 bits per heavy atom. The van der Waals surface area contributed by atoms with E-state index in [1.165, 1.54) is 31.6 Å². The first-order chi connectivity index (χ1) is 13.3. The summed E-state index contributed by atoms with van der Waals surface area (Å²) in [6.45, 7) is 7.06. The molecule has 6 nitrogen and oxygen atoms in total. The molecule has 0 saturated carbocycles. The number of esters is 1. The Bertz CT molecular complexity index is 866. The first-order valence-electron chi connectivity index (χ1n) is 8.94. The molecule has 0 aliphatic carbocycles. The minimum Gasteiger partial charge on any atom is -0.494 e. The summed E-state index contributed by atoms with van der Waals surface area (Å²) in [5, 5.41) is 3.33. The number of amides is 1. The second-order valence-corrected chi connectivity index (χ2v) is 7.68. The number of benzene rings is 1. The molecule has 2 N–H and O–H groups in total. The fourth-order valence-electron chi connectivity index (χ4n) is 2.88. The Labute approximate surface area is 168 Å². The van der Waals surface area contributed by atoms with Crippen molar-refractivity contribution >= 4 is 28.2 Å². The van der Waals surface area contributed by atoms with Crippen LogP contribution in [0.5, 0.6) is 5.75 Å². The summed E-state index contributed by atoms with van der Waals surface area (Å²) < 4.78 is 23.7. The van der Waals surface area contributed by atoms with Crippen LogP contribution >= 0.6 is 11.3 Å². The average Bonchev–Trinajstić information content (AvgIpc) is 2.94. The number of anilines is 1.